The predicted molar refractivity (Wildman–Crippen MR) is 94.7 cm³/mol. The second kappa shape index (κ2) is 8.17. The van der Waals surface area contributed by atoms with Crippen LogP contribution in [0.4, 0.5) is 0 Å². The van der Waals surface area contributed by atoms with Crippen molar-refractivity contribution in [1.82, 2.24) is 9.80 Å². The molecule has 25 heavy (non-hydrogen) atoms. The first-order valence-electron chi connectivity index (χ1n) is 9.14. The normalized spacial score (nSPS) is 25.2. The van der Waals surface area contributed by atoms with Gasteiger partial charge in [-0.3, -0.25) is 4.90 Å². The molecule has 1 aromatic rings. The van der Waals surface area contributed by atoms with Gasteiger partial charge < -0.3 is 19.8 Å². The summed E-state index contributed by atoms with van der Waals surface area (Å²) in [6.45, 7) is 4.85. The molecule has 2 fully saturated rings. The number of benzene rings is 1. The summed E-state index contributed by atoms with van der Waals surface area (Å²) < 4.78 is 5.40. The van der Waals surface area contributed by atoms with E-state index < -0.39 is 11.6 Å². The van der Waals surface area contributed by atoms with Crippen molar-refractivity contribution in [2.75, 3.05) is 39.3 Å². The fourth-order valence-corrected chi connectivity index (χ4v) is 3.98. The average Bonchev–Trinajstić information content (AvgIpc) is 3.06. The SMILES string of the molecule is O=C(O)COc1ccccc1CN1CCC[C@](O)(CN2CCCC2)C1. The molecule has 0 spiro atoms. The molecule has 0 aliphatic carbocycles. The van der Waals surface area contributed by atoms with Gasteiger partial charge in [0.25, 0.3) is 0 Å². The number of carbonyl (C=O) groups is 1. The van der Waals surface area contributed by atoms with Crippen LogP contribution in [-0.2, 0) is 11.3 Å². The number of carboxylic acid groups (broad SMARTS) is 1. The number of hydrogen-bond donors (Lipinski definition) is 2. The highest BCUT2D eigenvalue weighted by Gasteiger charge is 2.35. The fourth-order valence-electron chi connectivity index (χ4n) is 3.98. The summed E-state index contributed by atoms with van der Waals surface area (Å²) >= 11 is 0. The van der Waals surface area contributed by atoms with Crippen LogP contribution in [0.2, 0.25) is 0 Å². The van der Waals surface area contributed by atoms with E-state index in [-0.39, 0.29) is 6.61 Å². The Balaban J connectivity index is 1.61. The smallest absolute Gasteiger partial charge is 0.341 e. The van der Waals surface area contributed by atoms with Crippen LogP contribution in [-0.4, -0.2) is 70.9 Å². The van der Waals surface area contributed by atoms with Gasteiger partial charge in [0.1, 0.15) is 5.75 Å². The van der Waals surface area contributed by atoms with E-state index in [0.717, 1.165) is 44.6 Å². The Hall–Kier alpha value is -1.63. The number of likely N-dealkylation sites (tertiary alicyclic amines) is 2. The van der Waals surface area contributed by atoms with Gasteiger partial charge in [-0.25, -0.2) is 4.79 Å². The molecule has 6 nitrogen and oxygen atoms in total. The molecule has 2 N–H and O–H groups in total. The van der Waals surface area contributed by atoms with E-state index >= 15 is 0 Å². The van der Waals surface area contributed by atoms with Crippen molar-refractivity contribution in [3.8, 4) is 5.75 Å². The van der Waals surface area contributed by atoms with Crippen molar-refractivity contribution in [3.63, 3.8) is 0 Å². The number of β-amino-alcohol motifs (C(OH)–C–C–N with tert-alkyl or cyclic N) is 1. The van der Waals surface area contributed by atoms with Gasteiger partial charge in [0, 0.05) is 25.2 Å². The van der Waals surface area contributed by atoms with Crippen molar-refractivity contribution in [1.29, 1.82) is 0 Å². The van der Waals surface area contributed by atoms with Crippen LogP contribution in [0.15, 0.2) is 24.3 Å². The summed E-state index contributed by atoms with van der Waals surface area (Å²) in [5.74, 6) is -0.369. The van der Waals surface area contributed by atoms with Gasteiger partial charge in [0.05, 0.1) is 5.60 Å². The van der Waals surface area contributed by atoms with Gasteiger partial charge in [0.2, 0.25) is 0 Å². The third kappa shape index (κ3) is 5.17. The second-order valence-corrected chi connectivity index (χ2v) is 7.31. The Morgan fingerprint density at radius 1 is 1.12 bits per heavy atom. The maximum atomic E-state index is 11.0. The Morgan fingerprint density at radius 2 is 1.84 bits per heavy atom. The van der Waals surface area contributed by atoms with Crippen LogP contribution in [0.3, 0.4) is 0 Å². The number of carboxylic acids is 1. The predicted octanol–water partition coefficient (Wildman–Crippen LogP) is 1.57. The molecule has 2 aliphatic heterocycles. The lowest BCUT2D eigenvalue weighted by Crippen LogP contribution is -2.53. The van der Waals surface area contributed by atoms with Crippen LogP contribution >= 0.6 is 0 Å². The summed E-state index contributed by atoms with van der Waals surface area (Å²) in [4.78, 5) is 15.4. The first-order chi connectivity index (χ1) is 12.0. The second-order valence-electron chi connectivity index (χ2n) is 7.31. The van der Waals surface area contributed by atoms with Crippen LogP contribution in [0.5, 0.6) is 5.75 Å². The van der Waals surface area contributed by atoms with E-state index in [0.29, 0.717) is 18.8 Å². The van der Waals surface area contributed by atoms with E-state index in [9.17, 15) is 9.90 Å². The Morgan fingerprint density at radius 3 is 2.60 bits per heavy atom. The minimum absolute atomic E-state index is 0.337. The van der Waals surface area contributed by atoms with Gasteiger partial charge in [-0.15, -0.1) is 0 Å². The fraction of sp³-hybridized carbons (Fsp3) is 0.632. The van der Waals surface area contributed by atoms with Gasteiger partial charge in [-0.1, -0.05) is 18.2 Å². The Bertz CT molecular complexity index is 589. The van der Waals surface area contributed by atoms with E-state index in [4.69, 9.17) is 9.84 Å². The summed E-state index contributed by atoms with van der Waals surface area (Å²) in [6.07, 6.45) is 4.28. The van der Waals surface area contributed by atoms with E-state index in [1.54, 1.807) is 6.07 Å². The molecule has 1 atom stereocenters. The van der Waals surface area contributed by atoms with Gasteiger partial charge in [0.15, 0.2) is 6.61 Å². The first kappa shape index (κ1) is 18.2. The van der Waals surface area contributed by atoms with Gasteiger partial charge >= 0.3 is 5.97 Å². The highest BCUT2D eigenvalue weighted by atomic mass is 16.5. The summed E-state index contributed by atoms with van der Waals surface area (Å²) in [6, 6.07) is 7.55. The molecule has 0 bridgehead atoms. The van der Waals surface area contributed by atoms with Crippen LogP contribution in [0.25, 0.3) is 0 Å². The van der Waals surface area contributed by atoms with Crippen LogP contribution < -0.4 is 4.74 Å². The van der Waals surface area contributed by atoms with Crippen LogP contribution in [0, 0.1) is 0 Å². The Kier molecular flexibility index (Phi) is 5.93. The van der Waals surface area contributed by atoms with Crippen molar-refractivity contribution in [3.05, 3.63) is 29.8 Å². The third-order valence-corrected chi connectivity index (χ3v) is 5.07. The Labute approximate surface area is 149 Å². The first-order valence-corrected chi connectivity index (χ1v) is 9.14. The van der Waals surface area contributed by atoms with E-state index in [2.05, 4.69) is 9.80 Å². The maximum Gasteiger partial charge on any atom is 0.341 e. The van der Waals surface area contributed by atoms with Crippen molar-refractivity contribution < 1.29 is 19.7 Å². The highest BCUT2D eigenvalue weighted by Crippen LogP contribution is 2.27. The zero-order valence-corrected chi connectivity index (χ0v) is 14.7. The van der Waals surface area contributed by atoms with Crippen LogP contribution in [0.1, 0.15) is 31.2 Å². The van der Waals surface area contributed by atoms with Crippen molar-refractivity contribution in [2.24, 2.45) is 0 Å². The molecule has 6 heteroatoms. The maximum absolute atomic E-state index is 11.0. The summed E-state index contributed by atoms with van der Waals surface area (Å²) in [7, 11) is 0. The van der Waals surface area contributed by atoms with Gasteiger partial charge in [-0.05, 0) is 51.4 Å². The molecular formula is C19H28N2O4. The molecule has 1 aromatic carbocycles. The number of aliphatic hydroxyl groups is 1. The monoisotopic (exact) mass is 348 g/mol. The van der Waals surface area contributed by atoms with E-state index in [1.165, 1.54) is 12.8 Å². The number of nitrogens with zero attached hydrogens (tertiary/aromatic N) is 2. The lowest BCUT2D eigenvalue weighted by atomic mass is 9.92. The van der Waals surface area contributed by atoms with Crippen molar-refractivity contribution >= 4 is 5.97 Å². The molecule has 2 aliphatic rings. The zero-order chi connectivity index (χ0) is 17.7. The minimum atomic E-state index is -0.979. The highest BCUT2D eigenvalue weighted by molar-refractivity contribution is 5.68. The number of para-hydroxylation sites is 1. The summed E-state index contributed by atoms with van der Waals surface area (Å²) in [5.41, 5.74) is 0.314. The quantitative estimate of drug-likeness (QED) is 0.779. The van der Waals surface area contributed by atoms with Gasteiger partial charge in [-0.2, -0.15) is 0 Å². The van der Waals surface area contributed by atoms with Crippen molar-refractivity contribution in [2.45, 2.75) is 37.8 Å². The average molecular weight is 348 g/mol. The lowest BCUT2D eigenvalue weighted by molar-refractivity contribution is -0.139. The summed E-state index contributed by atoms with van der Waals surface area (Å²) in [5, 5.41) is 19.9. The molecule has 0 saturated carbocycles. The topological polar surface area (TPSA) is 73.2 Å². The molecule has 2 heterocycles. The zero-order valence-electron chi connectivity index (χ0n) is 14.7. The third-order valence-electron chi connectivity index (χ3n) is 5.07. The molecule has 3 rings (SSSR count). The number of piperidine rings is 1. The number of ether oxygens (including phenoxy) is 1. The molecule has 0 unspecified atom stereocenters. The molecule has 138 valence electrons. The standard InChI is InChI=1S/C19H28N2O4/c22-18(23)13-25-17-7-2-1-6-16(17)12-21-11-5-8-19(24,15-21)14-20-9-3-4-10-20/h1-2,6-7,24H,3-5,8-15H2,(H,22,23)/t19-/m0/s1. The number of hydrogen-bond acceptors (Lipinski definition) is 5. The molecule has 0 amide bonds. The minimum Gasteiger partial charge on any atom is -0.482 e. The molecule has 2 saturated heterocycles. The largest absolute Gasteiger partial charge is 0.482 e. The number of rotatable bonds is 7. The molecular weight excluding hydrogens is 320 g/mol. The molecule has 0 radical (unpaired) electrons. The lowest BCUT2D eigenvalue weighted by Gasteiger charge is -2.41. The molecule has 0 aromatic heterocycles. The number of aliphatic carboxylic acids is 1. The van der Waals surface area contributed by atoms with E-state index in [1.807, 2.05) is 18.2 Å².